The molecule has 3 aromatic rings. The number of benzene rings is 3. The Bertz CT molecular complexity index is 770. The Hall–Kier alpha value is -2.70. The van der Waals surface area contributed by atoms with Crippen LogP contribution in [-0.4, -0.2) is 0 Å². The molecule has 0 aliphatic rings. The molecule has 0 heterocycles. The molecule has 0 fully saturated rings. The van der Waals surface area contributed by atoms with Crippen LogP contribution < -0.4 is 0 Å². The van der Waals surface area contributed by atoms with Crippen LogP contribution in [0.5, 0.6) is 0 Å². The highest BCUT2D eigenvalue weighted by Gasteiger charge is 2.00. The Morgan fingerprint density at radius 1 is 0.556 bits per heavy atom. The smallest absolute Gasteiger partial charge is 0.0248 e. The Morgan fingerprint density at radius 2 is 1.00 bits per heavy atom. The molecule has 0 saturated heterocycles. The number of fused-ring (bicyclic) bond motifs is 2. The lowest BCUT2D eigenvalue weighted by Gasteiger charge is -2.03. The molecule has 0 nitrogen and oxygen atoms in total. The van der Waals surface area contributed by atoms with Gasteiger partial charge in [0.2, 0.25) is 0 Å². The zero-order valence-electron chi connectivity index (χ0n) is 9.77. The predicted molar refractivity (Wildman–Crippen MR) is 77.3 cm³/mol. The molecule has 0 N–H and O–H groups in total. The van der Waals surface area contributed by atoms with Gasteiger partial charge in [-0.05, 0) is 57.9 Å². The number of hydrogen-bond donors (Lipinski definition) is 0. The maximum absolute atomic E-state index is 5.42. The van der Waals surface area contributed by atoms with Crippen LogP contribution in [0.2, 0.25) is 0 Å². The van der Waals surface area contributed by atoms with Gasteiger partial charge < -0.3 is 0 Å². The molecule has 3 aromatic carbocycles. The molecule has 0 bridgehead atoms. The average molecular weight is 226 g/mol. The van der Waals surface area contributed by atoms with Crippen LogP contribution in [0.15, 0.2) is 48.5 Å². The van der Waals surface area contributed by atoms with Gasteiger partial charge in [0.1, 0.15) is 0 Å². The van der Waals surface area contributed by atoms with E-state index < -0.39 is 0 Å². The molecular formula is C18H10. The molecule has 0 spiro atoms. The summed E-state index contributed by atoms with van der Waals surface area (Å²) in [6, 6.07) is 16.4. The normalized spacial score (nSPS) is 10.1. The maximum Gasteiger partial charge on any atom is 0.0248 e. The lowest BCUT2D eigenvalue weighted by atomic mass is 10.0. The van der Waals surface area contributed by atoms with Crippen LogP contribution in [0.1, 0.15) is 11.1 Å². The largest absolute Gasteiger partial charge is 0.115 e. The van der Waals surface area contributed by atoms with Crippen molar-refractivity contribution in [2.24, 2.45) is 0 Å². The molecule has 0 aliphatic carbocycles. The molecule has 3 rings (SSSR count). The molecule has 82 valence electrons. The highest BCUT2D eigenvalue weighted by Crippen LogP contribution is 2.24. The molecule has 0 amide bonds. The van der Waals surface area contributed by atoms with Gasteiger partial charge in [-0.2, -0.15) is 0 Å². The topological polar surface area (TPSA) is 0 Å². The first-order chi connectivity index (χ1) is 8.80. The van der Waals surface area contributed by atoms with Gasteiger partial charge in [-0.3, -0.25) is 0 Å². The lowest BCUT2D eigenvalue weighted by Crippen LogP contribution is -1.80. The molecular weight excluding hydrogens is 216 g/mol. The number of rotatable bonds is 0. The van der Waals surface area contributed by atoms with E-state index in [1.54, 1.807) is 0 Å². The first-order valence-electron chi connectivity index (χ1n) is 5.71. The van der Waals surface area contributed by atoms with Crippen molar-refractivity contribution in [1.82, 2.24) is 0 Å². The van der Waals surface area contributed by atoms with Crippen LogP contribution in [0, 0.1) is 24.7 Å². The van der Waals surface area contributed by atoms with Gasteiger partial charge in [-0.1, -0.05) is 24.0 Å². The van der Waals surface area contributed by atoms with E-state index in [-0.39, 0.29) is 0 Å². The minimum atomic E-state index is 0.898. The van der Waals surface area contributed by atoms with Gasteiger partial charge in [0.25, 0.3) is 0 Å². The van der Waals surface area contributed by atoms with Gasteiger partial charge >= 0.3 is 0 Å². The average Bonchev–Trinajstić information content (AvgIpc) is 2.43. The third kappa shape index (κ3) is 1.61. The molecule has 0 unspecified atom stereocenters. The van der Waals surface area contributed by atoms with E-state index in [2.05, 4.69) is 36.1 Å². The molecule has 0 aromatic heterocycles. The quantitative estimate of drug-likeness (QED) is 0.402. The van der Waals surface area contributed by atoms with E-state index in [1.165, 1.54) is 10.8 Å². The van der Waals surface area contributed by atoms with Crippen LogP contribution in [-0.2, 0) is 0 Å². The van der Waals surface area contributed by atoms with Crippen molar-refractivity contribution in [3.63, 3.8) is 0 Å². The van der Waals surface area contributed by atoms with E-state index in [0.717, 1.165) is 21.9 Å². The minimum Gasteiger partial charge on any atom is -0.115 e. The standard InChI is InChI=1S/C18H10/c1-3-13-5-7-15-11-16-8-6-14(4-2)10-18(16)12-17(15)9-13/h1-2,5-12H. The summed E-state index contributed by atoms with van der Waals surface area (Å²) in [5.74, 6) is 5.31. The summed E-state index contributed by atoms with van der Waals surface area (Å²) in [6.07, 6.45) is 10.8. The zero-order chi connectivity index (χ0) is 12.5. The van der Waals surface area contributed by atoms with Crippen molar-refractivity contribution in [2.75, 3.05) is 0 Å². The van der Waals surface area contributed by atoms with Gasteiger partial charge in [0.15, 0.2) is 0 Å². The van der Waals surface area contributed by atoms with Crippen molar-refractivity contribution in [3.8, 4) is 24.7 Å². The van der Waals surface area contributed by atoms with Crippen LogP contribution in [0.25, 0.3) is 21.5 Å². The summed E-state index contributed by atoms with van der Waals surface area (Å²) in [4.78, 5) is 0. The SMILES string of the molecule is C#Cc1ccc2cc3ccc(C#C)cc3cc2c1. The third-order valence-electron chi connectivity index (χ3n) is 3.13. The molecule has 0 radical (unpaired) electrons. The first-order valence-corrected chi connectivity index (χ1v) is 5.71. The summed E-state index contributed by atoms with van der Waals surface area (Å²) in [6.45, 7) is 0. The Kier molecular flexibility index (Phi) is 2.30. The van der Waals surface area contributed by atoms with Crippen molar-refractivity contribution in [2.45, 2.75) is 0 Å². The second-order valence-electron chi connectivity index (χ2n) is 4.26. The number of hydrogen-bond acceptors (Lipinski definition) is 0. The van der Waals surface area contributed by atoms with Crippen LogP contribution >= 0.6 is 0 Å². The Morgan fingerprint density at radius 3 is 1.44 bits per heavy atom. The maximum atomic E-state index is 5.42. The van der Waals surface area contributed by atoms with Gasteiger partial charge in [-0.25, -0.2) is 0 Å². The molecule has 0 atom stereocenters. The van der Waals surface area contributed by atoms with E-state index in [4.69, 9.17) is 12.8 Å². The fourth-order valence-corrected chi connectivity index (χ4v) is 2.18. The second-order valence-corrected chi connectivity index (χ2v) is 4.26. The van der Waals surface area contributed by atoms with Gasteiger partial charge in [-0.15, -0.1) is 12.8 Å². The van der Waals surface area contributed by atoms with E-state index in [9.17, 15) is 0 Å². The van der Waals surface area contributed by atoms with E-state index in [1.807, 2.05) is 24.3 Å². The summed E-state index contributed by atoms with van der Waals surface area (Å²) >= 11 is 0. The third-order valence-corrected chi connectivity index (χ3v) is 3.13. The van der Waals surface area contributed by atoms with Crippen molar-refractivity contribution in [1.29, 1.82) is 0 Å². The van der Waals surface area contributed by atoms with Crippen molar-refractivity contribution >= 4 is 21.5 Å². The van der Waals surface area contributed by atoms with Crippen LogP contribution in [0.3, 0.4) is 0 Å². The van der Waals surface area contributed by atoms with Gasteiger partial charge in [0, 0.05) is 11.1 Å². The molecule has 0 aliphatic heterocycles. The molecule has 18 heavy (non-hydrogen) atoms. The highest BCUT2D eigenvalue weighted by atomic mass is 14.0. The fourth-order valence-electron chi connectivity index (χ4n) is 2.18. The lowest BCUT2D eigenvalue weighted by molar-refractivity contribution is 1.69. The fraction of sp³-hybridized carbons (Fsp3) is 0. The summed E-state index contributed by atoms with van der Waals surface area (Å²) in [5, 5.41) is 4.67. The Labute approximate surface area is 106 Å². The molecule has 0 saturated carbocycles. The van der Waals surface area contributed by atoms with E-state index in [0.29, 0.717) is 0 Å². The summed E-state index contributed by atoms with van der Waals surface area (Å²) in [5.41, 5.74) is 1.80. The zero-order valence-corrected chi connectivity index (χ0v) is 9.77. The monoisotopic (exact) mass is 226 g/mol. The first kappa shape index (κ1) is 10.5. The van der Waals surface area contributed by atoms with E-state index >= 15 is 0 Å². The van der Waals surface area contributed by atoms with Crippen molar-refractivity contribution in [3.05, 3.63) is 59.7 Å². The second kappa shape index (κ2) is 3.95. The highest BCUT2D eigenvalue weighted by molar-refractivity contribution is 5.99. The minimum absolute atomic E-state index is 0.898. The summed E-state index contributed by atoms with van der Waals surface area (Å²) in [7, 11) is 0. The van der Waals surface area contributed by atoms with Crippen molar-refractivity contribution < 1.29 is 0 Å². The Balaban J connectivity index is 2.38. The molecule has 0 heteroatoms. The van der Waals surface area contributed by atoms with Gasteiger partial charge in [0.05, 0.1) is 0 Å². The predicted octanol–water partition coefficient (Wildman–Crippen LogP) is 3.96. The summed E-state index contributed by atoms with van der Waals surface area (Å²) < 4.78 is 0. The van der Waals surface area contributed by atoms with Crippen LogP contribution in [0.4, 0.5) is 0 Å². The number of terminal acetylenes is 2.